The van der Waals surface area contributed by atoms with Gasteiger partial charge in [0.15, 0.2) is 0 Å². The predicted molar refractivity (Wildman–Crippen MR) is 629 cm³/mol. The van der Waals surface area contributed by atoms with Gasteiger partial charge in [0.2, 0.25) is 0 Å². The molecule has 0 bridgehead atoms. The maximum atomic E-state index is 6.40. The molecule has 1 aromatic heterocycles. The average molecular weight is 1890 g/mol. The fourth-order valence-corrected chi connectivity index (χ4v) is 23.4. The van der Waals surface area contributed by atoms with Gasteiger partial charge in [-0.3, -0.25) is 0 Å². The van der Waals surface area contributed by atoms with E-state index in [1.807, 2.05) is 12.1 Å². The van der Waals surface area contributed by atoms with Crippen LogP contribution in [0.25, 0.3) is 187 Å². The third kappa shape index (κ3) is 16.2. The van der Waals surface area contributed by atoms with Crippen LogP contribution in [0, 0.1) is 0 Å². The monoisotopic (exact) mass is 1890 g/mol. The molecule has 1 heterocycles. The molecule has 2 aliphatic rings. The Morgan fingerprint density at radius 2 is 0.473 bits per heavy atom. The quantitative estimate of drug-likeness (QED) is 0.0900. The fraction of sp³-hybridized carbons (Fsp3) is 0.0417. The van der Waals surface area contributed by atoms with Gasteiger partial charge >= 0.3 is 0 Å². The normalized spacial score (nSPS) is 12.4. The summed E-state index contributed by atoms with van der Waals surface area (Å²) in [5, 5.41) is 17.1. The molecule has 0 saturated heterocycles. The zero-order chi connectivity index (χ0) is 98.9. The van der Waals surface area contributed by atoms with Crippen molar-refractivity contribution < 1.29 is 4.42 Å². The number of hydrogen-bond donors (Lipinski definition) is 0. The maximum absolute atomic E-state index is 6.40. The SMILES string of the molecule is CC1(C)c2ccccc2-c2cc(N(c3ccc(-c4ccccc4)cc3)c3cc4cccc(-c5ccccc5)c4c4ccccc34)ccc21.CC1(C)c2ccccc2-c2cc(N(c3ccc(-c4ccccc4)cc3)c3cc4ccccc4c4cc(-c5ccccc5)ccc34)ccc21.c1ccc(-c2cccc(-c3ccc(N(c4ccc5c(c4)cc(-c4ccccc4)c4ccccc45)c4ccc5c(c4)oc4ccccc45)cc3)c2)cc1. The van der Waals surface area contributed by atoms with Crippen molar-refractivity contribution in [1.82, 2.24) is 0 Å². The molecule has 0 fully saturated rings. The van der Waals surface area contributed by atoms with E-state index >= 15 is 0 Å². The van der Waals surface area contributed by atoms with Crippen molar-refractivity contribution in [1.29, 1.82) is 0 Å². The molecule has 0 spiro atoms. The predicted octanol–water partition coefficient (Wildman–Crippen LogP) is 40.6. The largest absolute Gasteiger partial charge is 0.456 e. The summed E-state index contributed by atoms with van der Waals surface area (Å²) in [6, 6.07) is 201. The Kier molecular flexibility index (Phi) is 22.7. The van der Waals surface area contributed by atoms with Crippen molar-refractivity contribution in [2.45, 2.75) is 38.5 Å². The van der Waals surface area contributed by atoms with E-state index in [1.165, 1.54) is 198 Å². The van der Waals surface area contributed by atoms with Crippen LogP contribution in [0.2, 0.25) is 0 Å². The van der Waals surface area contributed by atoms with Crippen LogP contribution < -0.4 is 14.7 Å². The van der Waals surface area contributed by atoms with Crippen LogP contribution in [0.3, 0.4) is 0 Å². The molecule has 25 aromatic carbocycles. The Morgan fingerprint density at radius 1 is 0.149 bits per heavy atom. The topological polar surface area (TPSA) is 22.9 Å². The van der Waals surface area contributed by atoms with Gasteiger partial charge in [0.1, 0.15) is 11.2 Å². The van der Waals surface area contributed by atoms with Crippen molar-refractivity contribution in [3.63, 3.8) is 0 Å². The third-order valence-electron chi connectivity index (χ3n) is 30.7. The number of benzene rings is 25. The maximum Gasteiger partial charge on any atom is 0.137 e. The van der Waals surface area contributed by atoms with E-state index in [0.717, 1.165) is 61.8 Å². The molecule has 0 atom stereocenters. The Balaban J connectivity index is 0.000000112. The second-order valence-electron chi connectivity index (χ2n) is 40.1. The van der Waals surface area contributed by atoms with E-state index in [1.54, 1.807) is 0 Å². The van der Waals surface area contributed by atoms with Gasteiger partial charge in [-0.05, 0) is 298 Å². The second kappa shape index (κ2) is 37.5. The van der Waals surface area contributed by atoms with Gasteiger partial charge in [-0.15, -0.1) is 0 Å². The number of nitrogens with zero attached hydrogens (tertiary/aromatic N) is 3. The number of anilines is 9. The van der Waals surface area contributed by atoms with E-state index in [-0.39, 0.29) is 10.8 Å². The van der Waals surface area contributed by atoms with Crippen LogP contribution in [0.1, 0.15) is 49.9 Å². The number of hydrogen-bond acceptors (Lipinski definition) is 4. The van der Waals surface area contributed by atoms with Gasteiger partial charge in [0, 0.05) is 78.3 Å². The van der Waals surface area contributed by atoms with Crippen molar-refractivity contribution in [2.75, 3.05) is 14.7 Å². The molecule has 0 unspecified atom stereocenters. The zero-order valence-electron chi connectivity index (χ0n) is 82.8. The van der Waals surface area contributed by atoms with Crippen molar-refractivity contribution >= 4 is 138 Å². The number of rotatable bonds is 16. The Bertz CT molecular complexity index is 9350. The highest BCUT2D eigenvalue weighted by atomic mass is 16.3. The smallest absolute Gasteiger partial charge is 0.137 e. The van der Waals surface area contributed by atoms with Gasteiger partial charge < -0.3 is 19.1 Å². The first-order valence-electron chi connectivity index (χ1n) is 51.3. The summed E-state index contributed by atoms with van der Waals surface area (Å²) in [6.45, 7) is 9.38. The van der Waals surface area contributed by atoms with Crippen LogP contribution in [-0.2, 0) is 10.8 Å². The van der Waals surface area contributed by atoms with E-state index in [9.17, 15) is 0 Å². The summed E-state index contributed by atoms with van der Waals surface area (Å²) in [5.74, 6) is 0. The molecule has 4 nitrogen and oxygen atoms in total. The molecule has 0 radical (unpaired) electrons. The second-order valence-corrected chi connectivity index (χ2v) is 40.1. The molecule has 0 amide bonds. The Morgan fingerprint density at radius 3 is 1.02 bits per heavy atom. The molecular weight excluding hydrogens is 1790 g/mol. The molecule has 0 N–H and O–H groups in total. The minimum atomic E-state index is -0.0455. The Labute approximate surface area is 863 Å². The lowest BCUT2D eigenvalue weighted by Crippen LogP contribution is -2.15. The summed E-state index contributed by atoms with van der Waals surface area (Å²) >= 11 is 0. The fourth-order valence-electron chi connectivity index (χ4n) is 23.4. The third-order valence-corrected chi connectivity index (χ3v) is 30.7. The molecule has 148 heavy (non-hydrogen) atoms. The van der Waals surface area contributed by atoms with Crippen LogP contribution in [0.5, 0.6) is 0 Å². The molecule has 28 rings (SSSR count). The van der Waals surface area contributed by atoms with Crippen molar-refractivity contribution in [2.24, 2.45) is 0 Å². The molecule has 4 heteroatoms. The number of fused-ring (bicyclic) bond motifs is 18. The van der Waals surface area contributed by atoms with E-state index in [4.69, 9.17) is 4.42 Å². The van der Waals surface area contributed by atoms with E-state index in [0.29, 0.717) is 0 Å². The lowest BCUT2D eigenvalue weighted by molar-refractivity contribution is 0.660. The zero-order valence-corrected chi connectivity index (χ0v) is 82.8. The standard InChI is InChI=1S/C50H33NO.2C47H35N/c1-3-12-34(13-4-1)37-16-11-17-38(30-37)35-22-24-40(25-23-35)51(42-27-29-47-46-20-9-10-21-49(46)52-50(47)33-42)41-26-28-43-39(31-41)32-48(36-14-5-2-6-15-36)45-19-8-7-18-44(43)45;1-47(2)43-23-12-11-19-39(43)42-31-37(28-29-44(42)47)48(36-26-24-33(25-27-36)32-14-5-3-6-15-32)45-30-35-18-13-22-38(34-16-7-4-8-17-34)46(35)41-21-10-9-20-40(41)45;1-47(2)44-20-12-11-19-40(44)43-31-38(26-28-45(43)47)48(37-24-21-34(22-25-37)32-13-5-3-6-14-32)46-30-36-17-9-10-18-39(36)42-29-35(23-27-41(42)46)33-15-7-4-8-16-33/h1-33H;2*3-31H,1-2H3. The van der Waals surface area contributed by atoms with Gasteiger partial charge in [-0.2, -0.15) is 0 Å². The summed E-state index contributed by atoms with van der Waals surface area (Å²) in [7, 11) is 0. The van der Waals surface area contributed by atoms with E-state index < -0.39 is 0 Å². The van der Waals surface area contributed by atoms with Crippen LogP contribution in [0.4, 0.5) is 51.2 Å². The highest BCUT2D eigenvalue weighted by Crippen LogP contribution is 2.56. The van der Waals surface area contributed by atoms with Crippen molar-refractivity contribution in [3.05, 3.63) is 574 Å². The first-order valence-corrected chi connectivity index (χ1v) is 51.3. The summed E-state index contributed by atoms with van der Waals surface area (Å²) in [6.07, 6.45) is 0. The number of furan rings is 1. The lowest BCUT2D eigenvalue weighted by atomic mass is 9.82. The molecule has 700 valence electrons. The van der Waals surface area contributed by atoms with Gasteiger partial charge in [0.05, 0.1) is 11.4 Å². The van der Waals surface area contributed by atoms with Crippen LogP contribution >= 0.6 is 0 Å². The van der Waals surface area contributed by atoms with Gasteiger partial charge in [-0.1, -0.05) is 452 Å². The highest BCUT2D eigenvalue weighted by molar-refractivity contribution is 6.21. The molecular formula is C144H103N3O. The minimum Gasteiger partial charge on any atom is -0.456 e. The van der Waals surface area contributed by atoms with Gasteiger partial charge in [-0.25, -0.2) is 0 Å². The number of para-hydroxylation sites is 1. The Hall–Kier alpha value is -18.7. The van der Waals surface area contributed by atoms with E-state index in [2.05, 4.69) is 582 Å². The minimum absolute atomic E-state index is 0.0455. The summed E-state index contributed by atoms with van der Waals surface area (Å²) < 4.78 is 6.40. The first kappa shape index (κ1) is 89.4. The van der Waals surface area contributed by atoms with Crippen LogP contribution in [0.15, 0.2) is 556 Å². The molecule has 0 saturated carbocycles. The van der Waals surface area contributed by atoms with Crippen molar-refractivity contribution in [3.8, 4) is 100 Å². The average Bonchev–Trinajstić information content (AvgIpc) is 1.66. The summed E-state index contributed by atoms with van der Waals surface area (Å²) in [5.41, 5.74) is 39.6. The van der Waals surface area contributed by atoms with Gasteiger partial charge in [0.25, 0.3) is 0 Å². The lowest BCUT2D eigenvalue weighted by Gasteiger charge is -2.29. The molecule has 2 aliphatic carbocycles. The van der Waals surface area contributed by atoms with Crippen LogP contribution in [-0.4, -0.2) is 0 Å². The highest BCUT2D eigenvalue weighted by Gasteiger charge is 2.38. The summed E-state index contributed by atoms with van der Waals surface area (Å²) in [4.78, 5) is 7.26. The molecule has 0 aliphatic heterocycles. The first-order chi connectivity index (χ1) is 72.9. The molecule has 26 aromatic rings.